The summed E-state index contributed by atoms with van der Waals surface area (Å²) in [5.41, 5.74) is 2.13. The second-order valence-electron chi connectivity index (χ2n) is 5.47. The molecule has 2 rings (SSSR count). The molecule has 1 N–H and O–H groups in total. The Morgan fingerprint density at radius 3 is 2.38 bits per heavy atom. The van der Waals surface area contributed by atoms with Gasteiger partial charge in [0.1, 0.15) is 11.6 Å². The molecule has 0 aliphatic heterocycles. The van der Waals surface area contributed by atoms with Gasteiger partial charge in [0.05, 0.1) is 6.10 Å². The van der Waals surface area contributed by atoms with Crippen LogP contribution in [0.15, 0.2) is 48.5 Å². The Hall–Kier alpha value is -1.87. The minimum Gasteiger partial charge on any atom is -0.491 e. The van der Waals surface area contributed by atoms with Gasteiger partial charge in [-0.2, -0.15) is 0 Å². The smallest absolute Gasteiger partial charge is 0.123 e. The number of halogens is 1. The van der Waals surface area contributed by atoms with Crippen LogP contribution in [-0.4, -0.2) is 6.10 Å². The van der Waals surface area contributed by atoms with Crippen LogP contribution < -0.4 is 10.1 Å². The van der Waals surface area contributed by atoms with E-state index in [4.69, 9.17) is 4.74 Å². The van der Waals surface area contributed by atoms with Crippen LogP contribution in [0.1, 0.15) is 37.9 Å². The largest absolute Gasteiger partial charge is 0.491 e. The Kier molecular flexibility index (Phi) is 5.34. The fourth-order valence-corrected chi connectivity index (χ4v) is 2.12. The van der Waals surface area contributed by atoms with Crippen LogP contribution in [0.3, 0.4) is 0 Å². The second-order valence-corrected chi connectivity index (χ2v) is 5.47. The third-order valence-corrected chi connectivity index (χ3v) is 3.26. The maximum absolute atomic E-state index is 13.2. The van der Waals surface area contributed by atoms with E-state index in [1.165, 1.54) is 11.6 Å². The normalized spacial score (nSPS) is 12.4. The highest BCUT2D eigenvalue weighted by Gasteiger charge is 2.06. The minimum absolute atomic E-state index is 0.104. The van der Waals surface area contributed by atoms with E-state index >= 15 is 0 Å². The third-order valence-electron chi connectivity index (χ3n) is 3.26. The first-order valence-corrected chi connectivity index (χ1v) is 7.29. The number of benzene rings is 2. The summed E-state index contributed by atoms with van der Waals surface area (Å²) in [6.45, 7) is 6.79. The predicted octanol–water partition coefficient (Wildman–Crippen LogP) is 4.46. The van der Waals surface area contributed by atoms with Crippen LogP contribution in [0, 0.1) is 5.82 Å². The van der Waals surface area contributed by atoms with E-state index < -0.39 is 0 Å². The molecule has 0 fully saturated rings. The van der Waals surface area contributed by atoms with Gasteiger partial charge >= 0.3 is 0 Å². The van der Waals surface area contributed by atoms with Gasteiger partial charge in [0.15, 0.2) is 0 Å². The lowest BCUT2D eigenvalue weighted by atomic mass is 10.1. The fraction of sp³-hybridized carbons (Fsp3) is 0.333. The Bertz CT molecular complexity index is 566. The molecule has 2 nitrogen and oxygen atoms in total. The van der Waals surface area contributed by atoms with Crippen LogP contribution in [0.2, 0.25) is 0 Å². The summed E-state index contributed by atoms with van der Waals surface area (Å²) in [5.74, 6) is 0.684. The molecule has 112 valence electrons. The van der Waals surface area contributed by atoms with Gasteiger partial charge in [0, 0.05) is 12.6 Å². The van der Waals surface area contributed by atoms with Crippen molar-refractivity contribution in [1.82, 2.24) is 5.32 Å². The molecule has 0 saturated heterocycles. The maximum Gasteiger partial charge on any atom is 0.123 e. The maximum atomic E-state index is 13.2. The Morgan fingerprint density at radius 2 is 1.76 bits per heavy atom. The summed E-state index contributed by atoms with van der Waals surface area (Å²) >= 11 is 0. The predicted molar refractivity (Wildman–Crippen MR) is 83.9 cm³/mol. The molecule has 0 aliphatic rings. The molecule has 3 heteroatoms. The van der Waals surface area contributed by atoms with Crippen molar-refractivity contribution in [3.05, 3.63) is 65.5 Å². The average molecular weight is 287 g/mol. The molecule has 0 saturated carbocycles. The van der Waals surface area contributed by atoms with Crippen LogP contribution in [0.4, 0.5) is 4.39 Å². The van der Waals surface area contributed by atoms with E-state index in [0.29, 0.717) is 0 Å². The molecule has 0 amide bonds. The zero-order chi connectivity index (χ0) is 15.2. The van der Waals surface area contributed by atoms with Crippen molar-refractivity contribution in [2.45, 2.75) is 39.5 Å². The van der Waals surface area contributed by atoms with E-state index in [0.717, 1.165) is 17.9 Å². The third kappa shape index (κ3) is 4.87. The summed E-state index contributed by atoms with van der Waals surface area (Å²) in [5, 5.41) is 3.40. The molecular weight excluding hydrogens is 265 g/mol. The van der Waals surface area contributed by atoms with Crippen LogP contribution in [-0.2, 0) is 6.54 Å². The van der Waals surface area contributed by atoms with Gasteiger partial charge in [-0.05, 0) is 56.2 Å². The van der Waals surface area contributed by atoms with Crippen LogP contribution >= 0.6 is 0 Å². The van der Waals surface area contributed by atoms with E-state index in [9.17, 15) is 4.39 Å². The van der Waals surface area contributed by atoms with E-state index in [1.54, 1.807) is 12.1 Å². The summed E-state index contributed by atoms with van der Waals surface area (Å²) < 4.78 is 18.8. The standard InChI is InChI=1S/C18H22FNO/c1-13(2)21-18-9-7-15(8-10-18)12-20-14(3)16-5-4-6-17(19)11-16/h4-11,13-14,20H,12H2,1-3H3. The molecule has 0 aliphatic carbocycles. The van der Waals surface area contributed by atoms with Crippen molar-refractivity contribution in [3.8, 4) is 5.75 Å². The van der Waals surface area contributed by atoms with Gasteiger partial charge in [0.2, 0.25) is 0 Å². The number of rotatable bonds is 6. The Morgan fingerprint density at radius 1 is 1.05 bits per heavy atom. The highest BCUT2D eigenvalue weighted by atomic mass is 19.1. The zero-order valence-corrected chi connectivity index (χ0v) is 12.8. The van der Waals surface area contributed by atoms with Crippen molar-refractivity contribution in [3.63, 3.8) is 0 Å². The van der Waals surface area contributed by atoms with Gasteiger partial charge in [-0.15, -0.1) is 0 Å². The monoisotopic (exact) mass is 287 g/mol. The van der Waals surface area contributed by atoms with Gasteiger partial charge in [-0.1, -0.05) is 24.3 Å². The molecule has 2 aromatic rings. The van der Waals surface area contributed by atoms with Crippen molar-refractivity contribution in [1.29, 1.82) is 0 Å². The molecule has 0 spiro atoms. The quantitative estimate of drug-likeness (QED) is 0.846. The molecule has 0 radical (unpaired) electrons. The molecule has 0 bridgehead atoms. The second kappa shape index (κ2) is 7.23. The van der Waals surface area contributed by atoms with Gasteiger partial charge < -0.3 is 10.1 Å². The Balaban J connectivity index is 1.90. The topological polar surface area (TPSA) is 21.3 Å². The summed E-state index contributed by atoms with van der Waals surface area (Å²) in [6, 6.07) is 14.8. The molecule has 1 unspecified atom stereocenters. The van der Waals surface area contributed by atoms with Crippen molar-refractivity contribution >= 4 is 0 Å². The summed E-state index contributed by atoms with van der Waals surface area (Å²) in [6.07, 6.45) is 0.182. The first kappa shape index (κ1) is 15.5. The number of nitrogens with one attached hydrogen (secondary N) is 1. The molecule has 0 heterocycles. The SMILES string of the molecule is CC(C)Oc1ccc(CNC(C)c2cccc(F)c2)cc1. The lowest BCUT2D eigenvalue weighted by Gasteiger charge is -2.15. The molecule has 2 aromatic carbocycles. The number of ether oxygens (including phenoxy) is 1. The lowest BCUT2D eigenvalue weighted by molar-refractivity contribution is 0.242. The first-order valence-electron chi connectivity index (χ1n) is 7.29. The van der Waals surface area contributed by atoms with Gasteiger partial charge in [0.25, 0.3) is 0 Å². The zero-order valence-electron chi connectivity index (χ0n) is 12.8. The van der Waals surface area contributed by atoms with E-state index in [2.05, 4.69) is 5.32 Å². The van der Waals surface area contributed by atoms with Crippen molar-refractivity contribution in [2.75, 3.05) is 0 Å². The van der Waals surface area contributed by atoms with E-state index in [1.807, 2.05) is 51.1 Å². The highest BCUT2D eigenvalue weighted by molar-refractivity contribution is 5.27. The van der Waals surface area contributed by atoms with Crippen molar-refractivity contribution < 1.29 is 9.13 Å². The molecule has 1 atom stereocenters. The van der Waals surface area contributed by atoms with Gasteiger partial charge in [-0.3, -0.25) is 0 Å². The number of hydrogen-bond donors (Lipinski definition) is 1. The number of hydrogen-bond acceptors (Lipinski definition) is 2. The summed E-state index contributed by atoms with van der Waals surface area (Å²) in [4.78, 5) is 0. The lowest BCUT2D eigenvalue weighted by Crippen LogP contribution is -2.18. The molecular formula is C18H22FNO. The molecule has 21 heavy (non-hydrogen) atoms. The Labute approximate surface area is 126 Å². The summed E-state index contributed by atoms with van der Waals surface area (Å²) in [7, 11) is 0. The highest BCUT2D eigenvalue weighted by Crippen LogP contribution is 2.16. The minimum atomic E-state index is -0.198. The van der Waals surface area contributed by atoms with Gasteiger partial charge in [-0.25, -0.2) is 4.39 Å². The van der Waals surface area contributed by atoms with E-state index in [-0.39, 0.29) is 18.0 Å². The average Bonchev–Trinajstić information content (AvgIpc) is 2.45. The van der Waals surface area contributed by atoms with Crippen molar-refractivity contribution in [2.24, 2.45) is 0 Å². The van der Waals surface area contributed by atoms with Crippen LogP contribution in [0.25, 0.3) is 0 Å². The molecule has 0 aromatic heterocycles. The first-order chi connectivity index (χ1) is 10.0. The van der Waals surface area contributed by atoms with Crippen LogP contribution in [0.5, 0.6) is 5.75 Å². The fourth-order valence-electron chi connectivity index (χ4n) is 2.12.